The molecule has 0 radical (unpaired) electrons. The summed E-state index contributed by atoms with van der Waals surface area (Å²) < 4.78 is 4.17. The first-order valence-electron chi connectivity index (χ1n) is 10.6. The summed E-state index contributed by atoms with van der Waals surface area (Å²) in [4.78, 5) is 9.75. The molecule has 0 bridgehead atoms. The van der Waals surface area contributed by atoms with Crippen molar-refractivity contribution in [3.05, 3.63) is 12.8 Å². The monoisotopic (exact) mass is 356 g/mol. The number of carbonyl (C=O) groups is 1. The summed E-state index contributed by atoms with van der Waals surface area (Å²) in [5.41, 5.74) is 0. The first kappa shape index (κ1) is 26.4. The van der Waals surface area contributed by atoms with E-state index in [1.807, 2.05) is 0 Å². The second kappa shape index (κ2) is 25.4. The summed E-state index contributed by atoms with van der Waals surface area (Å²) >= 11 is 0. The van der Waals surface area contributed by atoms with Crippen LogP contribution in [0.5, 0.6) is 0 Å². The molecule has 0 aromatic carbocycles. The van der Waals surface area contributed by atoms with Crippen LogP contribution in [0.3, 0.4) is 0 Å². The lowest BCUT2D eigenvalue weighted by Crippen LogP contribution is -1.87. The molecule has 0 aromatic rings. The standard InChI is InChI=1S/C18H38O.C4H6O2/c1-2-3-4-5-6-7-8-9-10-11-12-13-14-15-16-17-18-19;1-3-6-4(2)5/h19H,2-18H2,1H3;3H,1H2,2H3. The van der Waals surface area contributed by atoms with E-state index in [0.29, 0.717) is 6.61 Å². The summed E-state index contributed by atoms with van der Waals surface area (Å²) in [6, 6.07) is 0. The molecule has 25 heavy (non-hydrogen) atoms. The molecule has 0 unspecified atom stereocenters. The number of ether oxygens (including phenoxy) is 1. The zero-order valence-electron chi connectivity index (χ0n) is 17.1. The SMILES string of the molecule is C=COC(C)=O.CCCCCCCCCCCCCCCCCCO. The van der Waals surface area contributed by atoms with Crippen molar-refractivity contribution in [2.24, 2.45) is 0 Å². The highest BCUT2D eigenvalue weighted by Gasteiger charge is 1.94. The zero-order valence-corrected chi connectivity index (χ0v) is 17.1. The minimum Gasteiger partial charge on any atom is -0.435 e. The van der Waals surface area contributed by atoms with Gasteiger partial charge in [0.2, 0.25) is 0 Å². The minimum atomic E-state index is -0.329. The van der Waals surface area contributed by atoms with Crippen LogP contribution in [0, 0.1) is 0 Å². The molecule has 0 aromatic heterocycles. The fourth-order valence-electron chi connectivity index (χ4n) is 2.78. The zero-order chi connectivity index (χ0) is 19.0. The maximum Gasteiger partial charge on any atom is 0.307 e. The van der Waals surface area contributed by atoms with Crippen molar-refractivity contribution in [2.75, 3.05) is 6.61 Å². The van der Waals surface area contributed by atoms with E-state index in [0.717, 1.165) is 12.7 Å². The number of aliphatic hydroxyl groups is 1. The lowest BCUT2D eigenvalue weighted by molar-refractivity contribution is -0.135. The smallest absolute Gasteiger partial charge is 0.307 e. The third kappa shape index (κ3) is 31.5. The normalized spacial score (nSPS) is 10.0. The van der Waals surface area contributed by atoms with E-state index in [1.165, 1.54) is 103 Å². The van der Waals surface area contributed by atoms with Gasteiger partial charge in [-0.3, -0.25) is 4.79 Å². The predicted molar refractivity (Wildman–Crippen MR) is 109 cm³/mol. The molecule has 0 aliphatic carbocycles. The van der Waals surface area contributed by atoms with Crippen molar-refractivity contribution in [1.29, 1.82) is 0 Å². The van der Waals surface area contributed by atoms with E-state index in [2.05, 4.69) is 18.2 Å². The maximum absolute atomic E-state index is 9.75. The Kier molecular flexibility index (Phi) is 26.8. The number of aliphatic hydroxyl groups excluding tert-OH is 1. The topological polar surface area (TPSA) is 46.5 Å². The molecular formula is C22H44O3. The molecule has 150 valence electrons. The Balaban J connectivity index is 0. The molecule has 0 spiro atoms. The average molecular weight is 357 g/mol. The van der Waals surface area contributed by atoms with Gasteiger partial charge < -0.3 is 9.84 Å². The van der Waals surface area contributed by atoms with Crippen LogP contribution in [-0.4, -0.2) is 17.7 Å². The Hall–Kier alpha value is -0.830. The Labute approximate surface area is 157 Å². The van der Waals surface area contributed by atoms with Crippen molar-refractivity contribution >= 4 is 5.97 Å². The van der Waals surface area contributed by atoms with Gasteiger partial charge in [-0.25, -0.2) is 0 Å². The van der Waals surface area contributed by atoms with Gasteiger partial charge in [-0.2, -0.15) is 0 Å². The number of rotatable bonds is 17. The average Bonchev–Trinajstić information content (AvgIpc) is 2.59. The van der Waals surface area contributed by atoms with E-state index in [-0.39, 0.29) is 5.97 Å². The number of carbonyl (C=O) groups excluding carboxylic acids is 1. The highest BCUT2D eigenvalue weighted by molar-refractivity contribution is 5.66. The van der Waals surface area contributed by atoms with Crippen molar-refractivity contribution in [1.82, 2.24) is 0 Å². The first-order chi connectivity index (χ1) is 12.2. The highest BCUT2D eigenvalue weighted by atomic mass is 16.5. The van der Waals surface area contributed by atoms with Gasteiger partial charge in [0, 0.05) is 13.5 Å². The molecule has 0 fully saturated rings. The van der Waals surface area contributed by atoms with E-state index < -0.39 is 0 Å². The largest absolute Gasteiger partial charge is 0.435 e. The van der Waals surface area contributed by atoms with E-state index in [9.17, 15) is 4.79 Å². The van der Waals surface area contributed by atoms with Crippen LogP contribution < -0.4 is 0 Å². The predicted octanol–water partition coefficient (Wildman–Crippen LogP) is 6.93. The second-order valence-corrected chi connectivity index (χ2v) is 6.80. The number of esters is 1. The van der Waals surface area contributed by atoms with Gasteiger partial charge in [0.05, 0.1) is 6.26 Å². The molecule has 0 saturated carbocycles. The Morgan fingerprint density at radius 3 is 1.28 bits per heavy atom. The van der Waals surface area contributed by atoms with Crippen molar-refractivity contribution in [3.8, 4) is 0 Å². The summed E-state index contributed by atoms with van der Waals surface area (Å²) in [5, 5.41) is 8.67. The number of unbranched alkanes of at least 4 members (excludes halogenated alkanes) is 15. The van der Waals surface area contributed by atoms with Gasteiger partial charge in [0.15, 0.2) is 0 Å². The molecule has 3 heteroatoms. The fraction of sp³-hybridized carbons (Fsp3) is 0.864. The van der Waals surface area contributed by atoms with Crippen LogP contribution in [0.2, 0.25) is 0 Å². The van der Waals surface area contributed by atoms with Crippen LogP contribution in [-0.2, 0) is 9.53 Å². The number of hydrogen-bond acceptors (Lipinski definition) is 3. The fourth-order valence-corrected chi connectivity index (χ4v) is 2.78. The summed E-state index contributed by atoms with van der Waals surface area (Å²) in [6.45, 7) is 7.14. The van der Waals surface area contributed by atoms with Gasteiger partial charge >= 0.3 is 5.97 Å². The maximum atomic E-state index is 9.75. The van der Waals surface area contributed by atoms with E-state index in [4.69, 9.17) is 5.11 Å². The van der Waals surface area contributed by atoms with Crippen LogP contribution in [0.15, 0.2) is 12.8 Å². The molecule has 0 rings (SSSR count). The first-order valence-corrected chi connectivity index (χ1v) is 10.6. The van der Waals surface area contributed by atoms with Crippen molar-refractivity contribution in [2.45, 2.75) is 117 Å². The van der Waals surface area contributed by atoms with Gasteiger partial charge in [0.25, 0.3) is 0 Å². The minimum absolute atomic E-state index is 0.329. The molecule has 0 atom stereocenters. The van der Waals surface area contributed by atoms with Crippen LogP contribution in [0.1, 0.15) is 117 Å². The third-order valence-corrected chi connectivity index (χ3v) is 4.26. The Morgan fingerprint density at radius 2 is 1.08 bits per heavy atom. The Bertz CT molecular complexity index is 248. The quantitative estimate of drug-likeness (QED) is 0.174. The molecule has 0 saturated heterocycles. The van der Waals surface area contributed by atoms with Gasteiger partial charge in [0.1, 0.15) is 0 Å². The lowest BCUT2D eigenvalue weighted by atomic mass is 10.0. The molecular weight excluding hydrogens is 312 g/mol. The van der Waals surface area contributed by atoms with Crippen molar-refractivity contribution in [3.63, 3.8) is 0 Å². The summed E-state index contributed by atoms with van der Waals surface area (Å²) in [6.07, 6.45) is 23.3. The summed E-state index contributed by atoms with van der Waals surface area (Å²) in [7, 11) is 0. The Morgan fingerprint density at radius 1 is 0.760 bits per heavy atom. The van der Waals surface area contributed by atoms with Gasteiger partial charge in [-0.05, 0) is 6.42 Å². The van der Waals surface area contributed by atoms with Gasteiger partial charge in [-0.15, -0.1) is 0 Å². The molecule has 1 N–H and O–H groups in total. The highest BCUT2D eigenvalue weighted by Crippen LogP contribution is 2.13. The van der Waals surface area contributed by atoms with Crippen molar-refractivity contribution < 1.29 is 14.6 Å². The number of hydrogen-bond donors (Lipinski definition) is 1. The summed E-state index contributed by atoms with van der Waals surface area (Å²) in [5.74, 6) is -0.329. The second-order valence-electron chi connectivity index (χ2n) is 6.80. The third-order valence-electron chi connectivity index (χ3n) is 4.26. The van der Waals surface area contributed by atoms with Gasteiger partial charge in [-0.1, -0.05) is 110 Å². The lowest BCUT2D eigenvalue weighted by Gasteiger charge is -2.03. The molecule has 3 nitrogen and oxygen atoms in total. The van der Waals surface area contributed by atoms with Crippen LogP contribution in [0.4, 0.5) is 0 Å². The van der Waals surface area contributed by atoms with E-state index >= 15 is 0 Å². The molecule has 0 aliphatic heterocycles. The molecule has 0 heterocycles. The van der Waals surface area contributed by atoms with Crippen LogP contribution >= 0.6 is 0 Å². The molecule has 0 amide bonds. The van der Waals surface area contributed by atoms with Crippen LogP contribution in [0.25, 0.3) is 0 Å². The van der Waals surface area contributed by atoms with E-state index in [1.54, 1.807) is 0 Å². The molecule has 0 aliphatic rings.